The predicted molar refractivity (Wildman–Crippen MR) is 65.0 cm³/mol. The molecule has 4 nitrogen and oxygen atoms in total. The second-order valence-electron chi connectivity index (χ2n) is 3.43. The summed E-state index contributed by atoms with van der Waals surface area (Å²) >= 11 is 0. The zero-order valence-corrected chi connectivity index (χ0v) is 9.51. The maximum Gasteiger partial charge on any atom is 0.340 e. The number of benzene rings is 1. The van der Waals surface area contributed by atoms with Crippen LogP contribution >= 0.6 is 0 Å². The number of phenols is 1. The number of carbonyl (C=O) groups is 1. The Morgan fingerprint density at radius 2 is 2.18 bits per heavy atom. The van der Waals surface area contributed by atoms with Gasteiger partial charge in [0.05, 0.1) is 5.57 Å². The molecule has 4 heteroatoms. The molecule has 0 saturated heterocycles. The molecule has 0 spiro atoms. The molecule has 2 N–H and O–H groups in total. The van der Waals surface area contributed by atoms with Gasteiger partial charge in [0.1, 0.15) is 5.75 Å². The monoisotopic (exact) mass is 234 g/mol. The average molecular weight is 234 g/mol. The molecule has 0 aliphatic heterocycles. The quantitative estimate of drug-likeness (QED) is 0.474. The van der Waals surface area contributed by atoms with Crippen LogP contribution in [0.3, 0.4) is 0 Å². The molecule has 1 aromatic rings. The minimum atomic E-state index is -1.22. The van der Waals surface area contributed by atoms with E-state index in [0.717, 1.165) is 0 Å². The first-order valence-electron chi connectivity index (χ1n) is 5.00. The fourth-order valence-corrected chi connectivity index (χ4v) is 1.31. The number of aromatic hydroxyl groups is 1. The van der Waals surface area contributed by atoms with Gasteiger partial charge in [-0.05, 0) is 6.92 Å². The molecule has 0 fully saturated rings. The number of phenolic OH excluding ortho intramolecular Hbond substituents is 1. The van der Waals surface area contributed by atoms with E-state index in [4.69, 9.17) is 5.11 Å². The fourth-order valence-electron chi connectivity index (χ4n) is 1.31. The van der Waals surface area contributed by atoms with E-state index < -0.39 is 12.3 Å². The third-order valence-electron chi connectivity index (χ3n) is 2.14. The number of ether oxygens (including phenoxy) is 1. The maximum atomic E-state index is 11.5. The molecule has 0 radical (unpaired) electrons. The number of aliphatic hydroxyl groups is 1. The van der Waals surface area contributed by atoms with Crippen molar-refractivity contribution in [1.82, 2.24) is 0 Å². The molecule has 0 bridgehead atoms. The lowest BCUT2D eigenvalue weighted by molar-refractivity contribution is -0.157. The van der Waals surface area contributed by atoms with E-state index in [9.17, 15) is 9.90 Å². The average Bonchev–Trinajstić information content (AvgIpc) is 2.27. The number of esters is 1. The number of hydrogen-bond acceptors (Lipinski definition) is 4. The lowest BCUT2D eigenvalue weighted by Crippen LogP contribution is -2.14. The molecule has 0 aliphatic carbocycles. The largest absolute Gasteiger partial charge is 0.507 e. The van der Waals surface area contributed by atoms with Crippen LogP contribution in [0.15, 0.2) is 31.4 Å². The summed E-state index contributed by atoms with van der Waals surface area (Å²) in [6, 6.07) is 4.85. The Morgan fingerprint density at radius 3 is 2.71 bits per heavy atom. The fraction of sp³-hybridized carbons (Fsp3) is 0.154. The van der Waals surface area contributed by atoms with Gasteiger partial charge in [0.2, 0.25) is 0 Å². The normalized spacial score (nSPS) is 11.6. The van der Waals surface area contributed by atoms with Gasteiger partial charge in [-0.1, -0.05) is 37.4 Å². The second-order valence-corrected chi connectivity index (χ2v) is 3.43. The van der Waals surface area contributed by atoms with Gasteiger partial charge >= 0.3 is 5.97 Å². The summed E-state index contributed by atoms with van der Waals surface area (Å²) < 4.78 is 4.58. The molecule has 0 aliphatic rings. The van der Waals surface area contributed by atoms with Gasteiger partial charge in [0.25, 0.3) is 0 Å². The smallest absolute Gasteiger partial charge is 0.340 e. The second kappa shape index (κ2) is 5.32. The highest BCUT2D eigenvalue weighted by atomic mass is 16.6. The van der Waals surface area contributed by atoms with Crippen LogP contribution in [0.4, 0.5) is 0 Å². The lowest BCUT2D eigenvalue weighted by atomic mass is 10.0. The Labute approximate surface area is 99.5 Å². The van der Waals surface area contributed by atoms with Gasteiger partial charge in [-0.2, -0.15) is 0 Å². The van der Waals surface area contributed by atoms with Crippen LogP contribution in [-0.2, 0) is 9.53 Å². The maximum absolute atomic E-state index is 11.5. The van der Waals surface area contributed by atoms with E-state index in [2.05, 4.69) is 17.9 Å². The summed E-state index contributed by atoms with van der Waals surface area (Å²) in [5, 5.41) is 18.8. The molecule has 0 heterocycles. The van der Waals surface area contributed by atoms with Crippen molar-refractivity contribution in [3.63, 3.8) is 0 Å². The van der Waals surface area contributed by atoms with Crippen molar-refractivity contribution in [2.45, 2.75) is 13.2 Å². The number of aliphatic hydroxyl groups excluding tert-OH is 1. The van der Waals surface area contributed by atoms with Crippen molar-refractivity contribution in [3.05, 3.63) is 42.5 Å². The highest BCUT2D eigenvalue weighted by molar-refractivity contribution is 6.16. The first kappa shape index (κ1) is 13.0. The highest BCUT2D eigenvalue weighted by Gasteiger charge is 2.17. The summed E-state index contributed by atoms with van der Waals surface area (Å²) in [7, 11) is 0. The lowest BCUT2D eigenvalue weighted by Gasteiger charge is -2.11. The molecule has 0 amide bonds. The van der Waals surface area contributed by atoms with Gasteiger partial charge in [0.15, 0.2) is 6.29 Å². The zero-order chi connectivity index (χ0) is 13.0. The van der Waals surface area contributed by atoms with E-state index in [1.165, 1.54) is 19.1 Å². The summed E-state index contributed by atoms with van der Waals surface area (Å²) in [6.07, 6.45) is 0.246. The van der Waals surface area contributed by atoms with Crippen LogP contribution in [0.25, 0.3) is 11.6 Å². The van der Waals surface area contributed by atoms with E-state index in [1.807, 2.05) is 0 Å². The third-order valence-corrected chi connectivity index (χ3v) is 2.14. The Bertz CT molecular complexity index is 460. The van der Waals surface area contributed by atoms with Crippen LogP contribution in [0, 0.1) is 0 Å². The molecular formula is C13H14O4. The Morgan fingerprint density at radius 1 is 1.53 bits per heavy atom. The molecule has 1 aromatic carbocycles. The minimum Gasteiger partial charge on any atom is -0.507 e. The molecule has 0 aromatic heterocycles. The number of hydrogen-bond donors (Lipinski definition) is 2. The minimum absolute atomic E-state index is 0.0212. The summed E-state index contributed by atoms with van der Waals surface area (Å²) in [6.45, 7) is 8.38. The predicted octanol–water partition coefficient (Wildman–Crippen LogP) is 1.93. The van der Waals surface area contributed by atoms with E-state index >= 15 is 0 Å². The molecule has 17 heavy (non-hydrogen) atoms. The third kappa shape index (κ3) is 2.95. The van der Waals surface area contributed by atoms with Crippen LogP contribution in [0.1, 0.15) is 18.1 Å². The van der Waals surface area contributed by atoms with Gasteiger partial charge in [-0.15, -0.1) is 0 Å². The summed E-state index contributed by atoms with van der Waals surface area (Å²) in [5.74, 6) is -0.869. The summed E-state index contributed by atoms with van der Waals surface area (Å²) in [4.78, 5) is 11.5. The summed E-state index contributed by atoms with van der Waals surface area (Å²) in [5.41, 5.74) is 0.730. The number of para-hydroxylation sites is 1. The Kier molecular flexibility index (Phi) is 4.06. The van der Waals surface area contributed by atoms with E-state index in [1.54, 1.807) is 12.1 Å². The van der Waals surface area contributed by atoms with E-state index in [-0.39, 0.29) is 16.9 Å². The zero-order valence-electron chi connectivity index (χ0n) is 9.51. The van der Waals surface area contributed by atoms with Crippen molar-refractivity contribution < 1.29 is 19.7 Å². The van der Waals surface area contributed by atoms with Crippen molar-refractivity contribution >= 4 is 17.6 Å². The van der Waals surface area contributed by atoms with Crippen molar-refractivity contribution in [1.29, 1.82) is 0 Å². The highest BCUT2D eigenvalue weighted by Crippen LogP contribution is 2.29. The first-order chi connectivity index (χ1) is 7.97. The van der Waals surface area contributed by atoms with Gasteiger partial charge in [-0.3, -0.25) is 0 Å². The van der Waals surface area contributed by atoms with E-state index in [0.29, 0.717) is 5.56 Å². The number of rotatable bonds is 4. The van der Waals surface area contributed by atoms with Crippen molar-refractivity contribution in [3.8, 4) is 5.75 Å². The van der Waals surface area contributed by atoms with Gasteiger partial charge < -0.3 is 14.9 Å². The molecule has 1 unspecified atom stereocenters. The number of carbonyl (C=O) groups excluding carboxylic acids is 1. The molecule has 1 atom stereocenters. The Balaban J connectivity index is 3.04. The topological polar surface area (TPSA) is 66.8 Å². The van der Waals surface area contributed by atoms with Crippen molar-refractivity contribution in [2.75, 3.05) is 0 Å². The van der Waals surface area contributed by atoms with Crippen LogP contribution in [0.5, 0.6) is 5.75 Å². The SMILES string of the molecule is C=Cc1cccc(C(=C)C(=O)OC(C)O)c1O. The first-order valence-corrected chi connectivity index (χ1v) is 5.00. The van der Waals surface area contributed by atoms with Gasteiger partial charge in [-0.25, -0.2) is 4.79 Å². The standard InChI is InChI=1S/C13H14O4/c1-4-10-6-5-7-11(12(10)15)8(2)13(16)17-9(3)14/h4-7,9,14-15H,1-2H2,3H3. The van der Waals surface area contributed by atoms with Gasteiger partial charge in [0, 0.05) is 11.1 Å². The molecule has 1 rings (SSSR count). The van der Waals surface area contributed by atoms with Crippen LogP contribution < -0.4 is 0 Å². The Hall–Kier alpha value is -2.07. The molecule has 0 saturated carbocycles. The molecule has 90 valence electrons. The molecular weight excluding hydrogens is 220 g/mol. The van der Waals surface area contributed by atoms with Crippen LogP contribution in [0.2, 0.25) is 0 Å². The van der Waals surface area contributed by atoms with Crippen LogP contribution in [-0.4, -0.2) is 22.5 Å². The van der Waals surface area contributed by atoms with Crippen molar-refractivity contribution in [2.24, 2.45) is 0 Å².